The van der Waals surface area contributed by atoms with E-state index in [2.05, 4.69) is 33.6 Å². The summed E-state index contributed by atoms with van der Waals surface area (Å²) >= 11 is 1.72. The summed E-state index contributed by atoms with van der Waals surface area (Å²) in [4.78, 5) is 9.77. The fourth-order valence-electron chi connectivity index (χ4n) is 1.91. The van der Waals surface area contributed by atoms with Crippen LogP contribution in [0.4, 0.5) is 0 Å². The van der Waals surface area contributed by atoms with Crippen molar-refractivity contribution in [1.29, 1.82) is 5.26 Å². The third-order valence-electron chi connectivity index (χ3n) is 3.07. The van der Waals surface area contributed by atoms with E-state index in [1.54, 1.807) is 18.4 Å². The molecule has 1 aromatic heterocycles. The molecule has 2 aromatic rings. The fourth-order valence-corrected chi connectivity index (χ4v) is 2.69. The standard InChI is InChI=1S/C16H19N5S/c1-12-10-20-15(22-12)7-8-19-16(18-2)21-11-14-5-3-13(9-17)4-6-14/h3-6,10H,7-8,11H2,1-2H3,(H2,18,19,21). The molecule has 0 radical (unpaired) electrons. The number of nitrogens with zero attached hydrogens (tertiary/aromatic N) is 3. The van der Waals surface area contributed by atoms with Gasteiger partial charge in [-0.25, -0.2) is 4.98 Å². The van der Waals surface area contributed by atoms with Crippen LogP contribution >= 0.6 is 11.3 Å². The molecule has 0 bridgehead atoms. The van der Waals surface area contributed by atoms with E-state index in [1.807, 2.05) is 30.5 Å². The Hall–Kier alpha value is -2.39. The Labute approximate surface area is 134 Å². The largest absolute Gasteiger partial charge is 0.356 e. The predicted octanol–water partition coefficient (Wildman–Crippen LogP) is 2.23. The Morgan fingerprint density at radius 1 is 1.32 bits per heavy atom. The summed E-state index contributed by atoms with van der Waals surface area (Å²) in [5.74, 6) is 0.762. The number of aryl methyl sites for hydroxylation is 1. The van der Waals surface area contributed by atoms with Gasteiger partial charge in [-0.2, -0.15) is 5.26 Å². The number of nitrogens with one attached hydrogen (secondary N) is 2. The lowest BCUT2D eigenvalue weighted by atomic mass is 10.1. The lowest BCUT2D eigenvalue weighted by Crippen LogP contribution is -2.37. The molecule has 22 heavy (non-hydrogen) atoms. The van der Waals surface area contributed by atoms with Gasteiger partial charge < -0.3 is 10.6 Å². The number of aromatic nitrogens is 1. The molecule has 2 N–H and O–H groups in total. The molecule has 0 aliphatic rings. The van der Waals surface area contributed by atoms with E-state index in [9.17, 15) is 0 Å². The fraction of sp³-hybridized carbons (Fsp3) is 0.312. The Bertz CT molecular complexity index is 667. The van der Waals surface area contributed by atoms with E-state index in [0.29, 0.717) is 12.1 Å². The molecule has 0 saturated heterocycles. The van der Waals surface area contributed by atoms with Crippen molar-refractivity contribution < 1.29 is 0 Å². The number of thiazole rings is 1. The van der Waals surface area contributed by atoms with Crippen LogP contribution in [0.2, 0.25) is 0 Å². The summed E-state index contributed by atoms with van der Waals surface area (Å²) in [6.07, 6.45) is 2.79. The summed E-state index contributed by atoms with van der Waals surface area (Å²) in [6.45, 7) is 3.52. The van der Waals surface area contributed by atoms with Crippen LogP contribution in [-0.2, 0) is 13.0 Å². The summed E-state index contributed by atoms with van der Waals surface area (Å²) in [7, 11) is 1.75. The van der Waals surface area contributed by atoms with E-state index in [1.165, 1.54) is 4.88 Å². The highest BCUT2D eigenvalue weighted by Gasteiger charge is 2.01. The zero-order chi connectivity index (χ0) is 15.8. The molecule has 0 spiro atoms. The summed E-state index contributed by atoms with van der Waals surface area (Å²) < 4.78 is 0. The van der Waals surface area contributed by atoms with Crippen LogP contribution in [0.1, 0.15) is 21.0 Å². The van der Waals surface area contributed by atoms with Gasteiger partial charge in [0.25, 0.3) is 0 Å². The van der Waals surface area contributed by atoms with Gasteiger partial charge in [0.15, 0.2) is 5.96 Å². The number of aliphatic imine (C=N–C) groups is 1. The topological polar surface area (TPSA) is 73.1 Å². The normalized spacial score (nSPS) is 11.0. The summed E-state index contributed by atoms with van der Waals surface area (Å²) in [5, 5.41) is 16.4. The molecule has 5 nitrogen and oxygen atoms in total. The highest BCUT2D eigenvalue weighted by Crippen LogP contribution is 2.10. The minimum absolute atomic E-state index is 0.668. The van der Waals surface area contributed by atoms with Crippen molar-refractivity contribution >= 4 is 17.3 Å². The van der Waals surface area contributed by atoms with Crippen molar-refractivity contribution in [2.24, 2.45) is 4.99 Å². The van der Waals surface area contributed by atoms with Gasteiger partial charge in [-0.05, 0) is 24.6 Å². The minimum Gasteiger partial charge on any atom is -0.356 e. The zero-order valence-corrected chi connectivity index (χ0v) is 13.6. The van der Waals surface area contributed by atoms with Gasteiger partial charge in [-0.1, -0.05) is 12.1 Å². The van der Waals surface area contributed by atoms with Crippen LogP contribution in [0.5, 0.6) is 0 Å². The molecule has 0 saturated carbocycles. The maximum atomic E-state index is 8.78. The molecule has 0 amide bonds. The quantitative estimate of drug-likeness (QED) is 0.656. The van der Waals surface area contributed by atoms with Crippen LogP contribution in [-0.4, -0.2) is 24.5 Å². The lowest BCUT2D eigenvalue weighted by molar-refractivity contribution is 0.792. The van der Waals surface area contributed by atoms with Crippen LogP contribution in [0.15, 0.2) is 35.5 Å². The van der Waals surface area contributed by atoms with Crippen LogP contribution < -0.4 is 10.6 Å². The monoisotopic (exact) mass is 313 g/mol. The lowest BCUT2D eigenvalue weighted by Gasteiger charge is -2.11. The first-order valence-electron chi connectivity index (χ1n) is 7.06. The smallest absolute Gasteiger partial charge is 0.191 e. The Kier molecular flexibility index (Phi) is 5.92. The van der Waals surface area contributed by atoms with Gasteiger partial charge in [0.1, 0.15) is 0 Å². The number of nitriles is 1. The maximum absolute atomic E-state index is 8.78. The Morgan fingerprint density at radius 3 is 2.68 bits per heavy atom. The number of hydrogen-bond donors (Lipinski definition) is 2. The second-order valence-corrected chi connectivity index (χ2v) is 6.10. The van der Waals surface area contributed by atoms with Crippen molar-refractivity contribution in [3.05, 3.63) is 51.5 Å². The molecule has 0 atom stereocenters. The van der Waals surface area contributed by atoms with E-state index >= 15 is 0 Å². The number of guanidine groups is 1. The van der Waals surface area contributed by atoms with Gasteiger partial charge >= 0.3 is 0 Å². The van der Waals surface area contributed by atoms with Gasteiger partial charge in [0.2, 0.25) is 0 Å². The molecule has 0 aliphatic carbocycles. The zero-order valence-electron chi connectivity index (χ0n) is 12.8. The maximum Gasteiger partial charge on any atom is 0.191 e. The second-order valence-electron chi connectivity index (χ2n) is 4.78. The Morgan fingerprint density at radius 2 is 2.09 bits per heavy atom. The Balaban J connectivity index is 1.76. The van der Waals surface area contributed by atoms with Crippen molar-refractivity contribution in [3.63, 3.8) is 0 Å². The van der Waals surface area contributed by atoms with E-state index in [0.717, 1.165) is 29.5 Å². The third kappa shape index (κ3) is 4.86. The molecule has 6 heteroatoms. The molecular weight excluding hydrogens is 294 g/mol. The van der Waals surface area contributed by atoms with Crippen LogP contribution in [0.3, 0.4) is 0 Å². The van der Waals surface area contributed by atoms with Crippen molar-refractivity contribution in [2.45, 2.75) is 19.9 Å². The average molecular weight is 313 g/mol. The number of rotatable bonds is 5. The number of hydrogen-bond acceptors (Lipinski definition) is 4. The van der Waals surface area contributed by atoms with Crippen LogP contribution in [0.25, 0.3) is 0 Å². The summed E-state index contributed by atoms with van der Waals surface area (Å²) in [5.41, 5.74) is 1.78. The third-order valence-corrected chi connectivity index (χ3v) is 4.04. The molecule has 2 rings (SSSR count). The molecule has 1 aromatic carbocycles. The van der Waals surface area contributed by atoms with Crippen LogP contribution in [0, 0.1) is 18.3 Å². The van der Waals surface area contributed by atoms with Gasteiger partial charge in [0, 0.05) is 37.6 Å². The van der Waals surface area contributed by atoms with Gasteiger partial charge in [-0.15, -0.1) is 11.3 Å². The molecular formula is C16H19N5S. The molecule has 114 valence electrons. The molecule has 0 aliphatic heterocycles. The summed E-state index contributed by atoms with van der Waals surface area (Å²) in [6, 6.07) is 9.63. The van der Waals surface area contributed by atoms with Crippen molar-refractivity contribution in [3.8, 4) is 6.07 Å². The minimum atomic E-state index is 0.668. The average Bonchev–Trinajstić information content (AvgIpc) is 2.96. The van der Waals surface area contributed by atoms with E-state index in [4.69, 9.17) is 5.26 Å². The van der Waals surface area contributed by atoms with E-state index in [-0.39, 0.29) is 0 Å². The first-order valence-corrected chi connectivity index (χ1v) is 7.88. The van der Waals surface area contributed by atoms with Gasteiger partial charge in [0.05, 0.1) is 16.6 Å². The van der Waals surface area contributed by atoms with Crippen molar-refractivity contribution in [1.82, 2.24) is 15.6 Å². The number of benzene rings is 1. The van der Waals surface area contributed by atoms with E-state index < -0.39 is 0 Å². The molecule has 0 unspecified atom stereocenters. The molecule has 0 fully saturated rings. The molecule has 1 heterocycles. The highest BCUT2D eigenvalue weighted by atomic mass is 32.1. The highest BCUT2D eigenvalue weighted by molar-refractivity contribution is 7.11. The second kappa shape index (κ2) is 8.15. The van der Waals surface area contributed by atoms with Gasteiger partial charge in [-0.3, -0.25) is 4.99 Å². The predicted molar refractivity (Wildman–Crippen MR) is 89.9 cm³/mol. The SMILES string of the molecule is CN=C(NCCc1ncc(C)s1)NCc1ccc(C#N)cc1. The van der Waals surface area contributed by atoms with Crippen molar-refractivity contribution in [2.75, 3.05) is 13.6 Å². The first kappa shape index (κ1) is 16.0. The first-order chi connectivity index (χ1) is 10.7.